The summed E-state index contributed by atoms with van der Waals surface area (Å²) in [4.78, 5) is 17.0. The topological polar surface area (TPSA) is 75.5 Å². The standard InChI is InChI=1S/C33H32F4N4O3S/c1-45(43,44)27-12-7-24(30(35)17-27)19-39-15-13-23(14-16-39)31-28(18-38-41(31)26-10-8-25(34)9-11-26)32(42)40-20-29(33(36,37)21-40)22-5-3-2-4-6-22/h2-12,17-18,23,29H,13-16,19-21H2,1H3. The summed E-state index contributed by atoms with van der Waals surface area (Å²) in [5.74, 6) is -5.98. The molecule has 0 spiro atoms. The fourth-order valence-electron chi connectivity index (χ4n) is 6.34. The second kappa shape index (κ2) is 12.1. The zero-order valence-electron chi connectivity index (χ0n) is 24.5. The Morgan fingerprint density at radius 3 is 2.31 bits per heavy atom. The van der Waals surface area contributed by atoms with Crippen molar-refractivity contribution < 1.29 is 30.8 Å². The molecule has 2 fully saturated rings. The number of hydrogen-bond acceptors (Lipinski definition) is 5. The second-order valence-electron chi connectivity index (χ2n) is 11.8. The molecule has 7 nitrogen and oxygen atoms in total. The minimum absolute atomic E-state index is 0.0837. The summed E-state index contributed by atoms with van der Waals surface area (Å²) in [5, 5.41) is 4.47. The van der Waals surface area contributed by atoms with E-state index in [1.807, 2.05) is 4.90 Å². The van der Waals surface area contributed by atoms with Crippen LogP contribution in [0.5, 0.6) is 0 Å². The number of likely N-dealkylation sites (tertiary alicyclic amines) is 2. The number of halogens is 4. The van der Waals surface area contributed by atoms with Crippen LogP contribution in [0.25, 0.3) is 5.69 Å². The normalized spacial score (nSPS) is 19.2. The molecule has 0 bridgehead atoms. The largest absolute Gasteiger partial charge is 0.332 e. The van der Waals surface area contributed by atoms with Crippen LogP contribution in [0.15, 0.2) is 83.9 Å². The van der Waals surface area contributed by atoms with Gasteiger partial charge >= 0.3 is 0 Å². The first-order valence-electron chi connectivity index (χ1n) is 14.7. The first-order valence-corrected chi connectivity index (χ1v) is 16.6. The maximum absolute atomic E-state index is 15.2. The van der Waals surface area contributed by atoms with Crippen LogP contribution in [0, 0.1) is 11.6 Å². The van der Waals surface area contributed by atoms with Crippen LogP contribution in [0.1, 0.15) is 51.9 Å². The zero-order valence-corrected chi connectivity index (χ0v) is 25.4. The van der Waals surface area contributed by atoms with Gasteiger partial charge in [0.1, 0.15) is 11.6 Å². The molecule has 1 amide bonds. The molecule has 2 aliphatic heterocycles. The molecule has 4 aromatic rings. The third kappa shape index (κ3) is 6.39. The van der Waals surface area contributed by atoms with E-state index in [2.05, 4.69) is 5.10 Å². The van der Waals surface area contributed by atoms with Crippen molar-refractivity contribution in [3.8, 4) is 5.69 Å². The molecule has 0 saturated carbocycles. The van der Waals surface area contributed by atoms with Gasteiger partial charge in [0.2, 0.25) is 0 Å². The molecule has 0 aliphatic carbocycles. The summed E-state index contributed by atoms with van der Waals surface area (Å²) in [5.41, 5.74) is 2.17. The van der Waals surface area contributed by atoms with Gasteiger partial charge in [0, 0.05) is 30.8 Å². The first-order chi connectivity index (χ1) is 21.4. The Kier molecular flexibility index (Phi) is 8.30. The molecule has 236 valence electrons. The Labute approximate surface area is 259 Å². The molecule has 0 N–H and O–H groups in total. The predicted molar refractivity (Wildman–Crippen MR) is 160 cm³/mol. The Bertz CT molecular complexity index is 1810. The van der Waals surface area contributed by atoms with E-state index in [1.165, 1.54) is 35.4 Å². The van der Waals surface area contributed by atoms with Gasteiger partial charge in [0.25, 0.3) is 11.8 Å². The zero-order chi connectivity index (χ0) is 31.9. The summed E-state index contributed by atoms with van der Waals surface area (Å²) in [7, 11) is -3.53. The second-order valence-corrected chi connectivity index (χ2v) is 13.8. The van der Waals surface area contributed by atoms with Gasteiger partial charge < -0.3 is 4.90 Å². The van der Waals surface area contributed by atoms with Gasteiger partial charge in [-0.15, -0.1) is 0 Å². The number of benzene rings is 3. The quantitative estimate of drug-likeness (QED) is 0.239. The van der Waals surface area contributed by atoms with Gasteiger partial charge in [-0.2, -0.15) is 5.10 Å². The third-order valence-electron chi connectivity index (χ3n) is 8.73. The van der Waals surface area contributed by atoms with E-state index in [0.29, 0.717) is 48.4 Å². The molecule has 12 heteroatoms. The van der Waals surface area contributed by atoms with Gasteiger partial charge in [-0.05, 0) is 67.9 Å². The van der Waals surface area contributed by atoms with Crippen molar-refractivity contribution in [1.82, 2.24) is 19.6 Å². The van der Waals surface area contributed by atoms with Gasteiger partial charge in [-0.25, -0.2) is 30.7 Å². The number of hydrogen-bond donors (Lipinski definition) is 0. The molecule has 6 rings (SSSR count). The van der Waals surface area contributed by atoms with E-state index in [1.54, 1.807) is 47.1 Å². The molecule has 1 unspecified atom stereocenters. The fourth-order valence-corrected chi connectivity index (χ4v) is 6.97. The number of alkyl halides is 2. The Morgan fingerprint density at radius 2 is 1.67 bits per heavy atom. The molecule has 1 aromatic heterocycles. The van der Waals surface area contributed by atoms with E-state index in [4.69, 9.17) is 0 Å². The summed E-state index contributed by atoms with van der Waals surface area (Å²) >= 11 is 0. The number of nitrogens with zero attached hydrogens (tertiary/aromatic N) is 4. The smallest absolute Gasteiger partial charge is 0.273 e. The molecule has 1 atom stereocenters. The lowest BCUT2D eigenvalue weighted by Crippen LogP contribution is -2.35. The van der Waals surface area contributed by atoms with Crippen molar-refractivity contribution in [2.75, 3.05) is 32.4 Å². The van der Waals surface area contributed by atoms with Gasteiger partial charge in [0.15, 0.2) is 9.84 Å². The molecule has 2 aliphatic rings. The van der Waals surface area contributed by atoms with Gasteiger partial charge in [-0.1, -0.05) is 36.4 Å². The maximum Gasteiger partial charge on any atom is 0.273 e. The molecule has 0 radical (unpaired) electrons. The van der Waals surface area contributed by atoms with Gasteiger partial charge in [0.05, 0.1) is 40.5 Å². The van der Waals surface area contributed by atoms with Crippen LogP contribution in [-0.2, 0) is 16.4 Å². The highest BCUT2D eigenvalue weighted by Crippen LogP contribution is 2.42. The Hall–Kier alpha value is -4.03. The highest BCUT2D eigenvalue weighted by molar-refractivity contribution is 7.90. The lowest BCUT2D eigenvalue weighted by molar-refractivity contribution is -0.00244. The van der Waals surface area contributed by atoms with Crippen LogP contribution in [0.2, 0.25) is 0 Å². The average molecular weight is 641 g/mol. The number of amides is 1. The van der Waals surface area contributed by atoms with E-state index < -0.39 is 45.8 Å². The summed E-state index contributed by atoms with van der Waals surface area (Å²) in [6.45, 7) is 0.499. The number of piperidine rings is 1. The summed E-state index contributed by atoms with van der Waals surface area (Å²) < 4.78 is 84.1. The van der Waals surface area contributed by atoms with Crippen molar-refractivity contribution in [3.63, 3.8) is 0 Å². The van der Waals surface area contributed by atoms with Crippen LogP contribution in [-0.4, -0.2) is 72.3 Å². The Morgan fingerprint density at radius 1 is 0.978 bits per heavy atom. The maximum atomic E-state index is 15.2. The molecule has 2 saturated heterocycles. The van der Waals surface area contributed by atoms with E-state index in [-0.39, 0.29) is 29.5 Å². The van der Waals surface area contributed by atoms with Crippen molar-refractivity contribution in [3.05, 3.63) is 113 Å². The van der Waals surface area contributed by atoms with Crippen molar-refractivity contribution in [1.29, 1.82) is 0 Å². The summed E-state index contributed by atoms with van der Waals surface area (Å²) in [6.07, 6.45) is 3.57. The number of rotatable bonds is 7. The molecular weight excluding hydrogens is 608 g/mol. The van der Waals surface area contributed by atoms with Crippen molar-refractivity contribution >= 4 is 15.7 Å². The van der Waals surface area contributed by atoms with Crippen molar-refractivity contribution in [2.45, 2.75) is 42.0 Å². The average Bonchev–Trinajstić information content (AvgIpc) is 3.59. The summed E-state index contributed by atoms with van der Waals surface area (Å²) in [6, 6.07) is 18.0. The lowest BCUT2D eigenvalue weighted by atomic mass is 9.90. The van der Waals surface area contributed by atoms with E-state index >= 15 is 8.78 Å². The first kappa shape index (κ1) is 31.0. The number of carbonyl (C=O) groups is 1. The molecular formula is C33H32F4N4O3S. The highest BCUT2D eigenvalue weighted by Gasteiger charge is 2.50. The third-order valence-corrected chi connectivity index (χ3v) is 9.84. The van der Waals surface area contributed by atoms with Crippen LogP contribution >= 0.6 is 0 Å². The number of carbonyl (C=O) groups excluding carboxylic acids is 1. The molecule has 45 heavy (non-hydrogen) atoms. The minimum Gasteiger partial charge on any atom is -0.332 e. The minimum atomic E-state index is -3.53. The number of aromatic nitrogens is 2. The predicted octanol–water partition coefficient (Wildman–Crippen LogP) is 5.81. The molecule has 3 heterocycles. The van der Waals surface area contributed by atoms with Gasteiger partial charge in [-0.3, -0.25) is 9.69 Å². The highest BCUT2D eigenvalue weighted by atomic mass is 32.2. The van der Waals surface area contributed by atoms with Crippen LogP contribution in [0.4, 0.5) is 17.6 Å². The lowest BCUT2D eigenvalue weighted by Gasteiger charge is -2.33. The fraction of sp³-hybridized carbons (Fsp3) is 0.333. The Balaban J connectivity index is 1.25. The SMILES string of the molecule is CS(=O)(=O)c1ccc(CN2CCC(c3c(C(=O)N4CC(c5ccccc5)C(F)(F)C4)cnn3-c3ccc(F)cc3)CC2)c(F)c1. The van der Waals surface area contributed by atoms with Crippen molar-refractivity contribution in [2.24, 2.45) is 0 Å². The molecule has 3 aromatic carbocycles. The van der Waals surface area contributed by atoms with Crippen LogP contribution < -0.4 is 0 Å². The van der Waals surface area contributed by atoms with E-state index in [9.17, 15) is 22.0 Å². The monoisotopic (exact) mass is 640 g/mol. The number of sulfone groups is 1. The van der Waals surface area contributed by atoms with E-state index in [0.717, 1.165) is 12.3 Å². The van der Waals surface area contributed by atoms with Crippen LogP contribution in [0.3, 0.4) is 0 Å².